The van der Waals surface area contributed by atoms with Gasteiger partial charge in [-0.25, -0.2) is 17.6 Å². The summed E-state index contributed by atoms with van der Waals surface area (Å²) in [6.45, 7) is 0. The standard InChI is InChI=1S/C8H3F4N/c9-6-2-1-4(8(11)12)7(10)5(6)3-13/h1-2,8H. The lowest BCUT2D eigenvalue weighted by Crippen LogP contribution is -1.97. The highest BCUT2D eigenvalue weighted by atomic mass is 19.3. The molecule has 13 heavy (non-hydrogen) atoms. The highest BCUT2D eigenvalue weighted by Crippen LogP contribution is 2.25. The van der Waals surface area contributed by atoms with E-state index in [1.807, 2.05) is 0 Å². The Morgan fingerprint density at radius 3 is 2.31 bits per heavy atom. The molecule has 1 nitrogen and oxygen atoms in total. The van der Waals surface area contributed by atoms with E-state index in [4.69, 9.17) is 5.26 Å². The van der Waals surface area contributed by atoms with Gasteiger partial charge in [-0.2, -0.15) is 5.26 Å². The van der Waals surface area contributed by atoms with Crippen LogP contribution in [0.15, 0.2) is 12.1 Å². The van der Waals surface area contributed by atoms with Gasteiger partial charge in [0, 0.05) is 0 Å². The lowest BCUT2D eigenvalue weighted by atomic mass is 10.1. The summed E-state index contributed by atoms with van der Waals surface area (Å²) in [7, 11) is 0. The number of alkyl halides is 2. The molecule has 0 atom stereocenters. The molecule has 0 aliphatic carbocycles. The van der Waals surface area contributed by atoms with Gasteiger partial charge in [0.15, 0.2) is 5.82 Å². The molecule has 0 aromatic heterocycles. The molecule has 0 N–H and O–H groups in total. The molecule has 68 valence electrons. The van der Waals surface area contributed by atoms with Gasteiger partial charge in [-0.15, -0.1) is 0 Å². The van der Waals surface area contributed by atoms with Crippen molar-refractivity contribution in [3.63, 3.8) is 0 Å². The summed E-state index contributed by atoms with van der Waals surface area (Å²) in [5.74, 6) is -2.62. The SMILES string of the molecule is N#Cc1c(F)ccc(C(F)F)c1F. The van der Waals surface area contributed by atoms with Gasteiger partial charge in [-0.1, -0.05) is 0 Å². The maximum Gasteiger partial charge on any atom is 0.266 e. The average molecular weight is 189 g/mol. The molecule has 0 radical (unpaired) electrons. The van der Waals surface area contributed by atoms with Crippen LogP contribution in [0.25, 0.3) is 0 Å². The van der Waals surface area contributed by atoms with E-state index in [9.17, 15) is 17.6 Å². The molecule has 0 fully saturated rings. The number of nitriles is 1. The Balaban J connectivity index is 3.38. The highest BCUT2D eigenvalue weighted by Gasteiger charge is 2.19. The number of benzene rings is 1. The van der Waals surface area contributed by atoms with Crippen molar-refractivity contribution in [3.05, 3.63) is 34.9 Å². The molecule has 0 spiro atoms. The largest absolute Gasteiger partial charge is 0.266 e. The second-order valence-corrected chi connectivity index (χ2v) is 2.24. The maximum absolute atomic E-state index is 12.8. The fraction of sp³-hybridized carbons (Fsp3) is 0.125. The molecule has 1 aromatic carbocycles. The third-order valence-corrected chi connectivity index (χ3v) is 1.47. The van der Waals surface area contributed by atoms with E-state index >= 15 is 0 Å². The molecule has 0 amide bonds. The molecular weight excluding hydrogens is 186 g/mol. The summed E-state index contributed by atoms with van der Waals surface area (Å²) < 4.78 is 49.4. The van der Waals surface area contributed by atoms with Gasteiger partial charge >= 0.3 is 0 Å². The molecule has 1 aromatic rings. The number of halogens is 4. The zero-order valence-electron chi connectivity index (χ0n) is 6.19. The Hall–Kier alpha value is -1.57. The lowest BCUT2D eigenvalue weighted by Gasteiger charge is -2.02. The van der Waals surface area contributed by atoms with Gasteiger partial charge in [0.1, 0.15) is 17.4 Å². The minimum absolute atomic E-state index is 0.621. The van der Waals surface area contributed by atoms with Crippen molar-refractivity contribution in [3.8, 4) is 6.07 Å². The van der Waals surface area contributed by atoms with Crippen molar-refractivity contribution < 1.29 is 17.6 Å². The highest BCUT2D eigenvalue weighted by molar-refractivity contribution is 5.36. The fourth-order valence-corrected chi connectivity index (χ4v) is 0.840. The summed E-state index contributed by atoms with van der Waals surface area (Å²) in [6, 6.07) is 2.44. The molecule has 0 saturated heterocycles. The van der Waals surface area contributed by atoms with Gasteiger partial charge in [0.25, 0.3) is 6.43 Å². The van der Waals surface area contributed by atoms with Crippen LogP contribution in [0.1, 0.15) is 17.6 Å². The predicted octanol–water partition coefficient (Wildman–Crippen LogP) is 2.77. The Labute approximate surface area is 71.2 Å². The van der Waals surface area contributed by atoms with Crippen LogP contribution >= 0.6 is 0 Å². The van der Waals surface area contributed by atoms with Crippen LogP contribution in [0.3, 0.4) is 0 Å². The summed E-state index contributed by atoms with van der Waals surface area (Å²) in [5.41, 5.74) is -1.93. The van der Waals surface area contributed by atoms with Crippen LogP contribution in [0.5, 0.6) is 0 Å². The second-order valence-electron chi connectivity index (χ2n) is 2.24. The van der Waals surface area contributed by atoms with Crippen molar-refractivity contribution >= 4 is 0 Å². The van der Waals surface area contributed by atoms with Crippen LogP contribution < -0.4 is 0 Å². The minimum atomic E-state index is -3.05. The quantitative estimate of drug-likeness (QED) is 0.623. The monoisotopic (exact) mass is 189 g/mol. The first-order chi connectivity index (χ1) is 6.07. The van der Waals surface area contributed by atoms with Crippen molar-refractivity contribution in [1.82, 2.24) is 0 Å². The van der Waals surface area contributed by atoms with E-state index in [1.165, 1.54) is 6.07 Å². The predicted molar refractivity (Wildman–Crippen MR) is 36.0 cm³/mol. The van der Waals surface area contributed by atoms with E-state index < -0.39 is 29.2 Å². The third-order valence-electron chi connectivity index (χ3n) is 1.47. The minimum Gasteiger partial charge on any atom is -0.205 e. The molecule has 1 rings (SSSR count). The zero-order chi connectivity index (χ0) is 10.0. The van der Waals surface area contributed by atoms with Gasteiger partial charge in [-0.3, -0.25) is 0 Å². The molecule has 0 bridgehead atoms. The van der Waals surface area contributed by atoms with Crippen LogP contribution in [0, 0.1) is 23.0 Å². The van der Waals surface area contributed by atoms with Gasteiger partial charge in [0.05, 0.1) is 5.56 Å². The first-order valence-electron chi connectivity index (χ1n) is 3.24. The Kier molecular flexibility index (Phi) is 2.52. The van der Waals surface area contributed by atoms with E-state index in [0.29, 0.717) is 12.1 Å². The molecule has 5 heteroatoms. The van der Waals surface area contributed by atoms with E-state index in [2.05, 4.69) is 0 Å². The van der Waals surface area contributed by atoms with Gasteiger partial charge in [0.2, 0.25) is 0 Å². The summed E-state index contributed by atoms with van der Waals surface area (Å²) in [5, 5.41) is 8.23. The Bertz CT molecular complexity index is 367. The van der Waals surface area contributed by atoms with Crippen molar-refractivity contribution in [1.29, 1.82) is 5.26 Å². The lowest BCUT2D eigenvalue weighted by molar-refractivity contribution is 0.146. The molecule has 0 unspecified atom stereocenters. The summed E-state index contributed by atoms with van der Waals surface area (Å²) >= 11 is 0. The average Bonchev–Trinajstić information content (AvgIpc) is 2.04. The molecule has 0 aliphatic rings. The second kappa shape index (κ2) is 3.44. The fourth-order valence-electron chi connectivity index (χ4n) is 0.840. The van der Waals surface area contributed by atoms with Gasteiger partial charge < -0.3 is 0 Å². The number of hydrogen-bond donors (Lipinski definition) is 0. The first kappa shape index (κ1) is 9.52. The number of hydrogen-bond acceptors (Lipinski definition) is 1. The van der Waals surface area contributed by atoms with Crippen molar-refractivity contribution in [2.45, 2.75) is 6.43 Å². The van der Waals surface area contributed by atoms with E-state index in [1.54, 1.807) is 0 Å². The Morgan fingerprint density at radius 2 is 1.85 bits per heavy atom. The molecule has 0 aliphatic heterocycles. The topological polar surface area (TPSA) is 23.8 Å². The van der Waals surface area contributed by atoms with Crippen LogP contribution in [-0.2, 0) is 0 Å². The first-order valence-corrected chi connectivity index (χ1v) is 3.24. The van der Waals surface area contributed by atoms with Gasteiger partial charge in [-0.05, 0) is 12.1 Å². The van der Waals surface area contributed by atoms with Crippen LogP contribution in [0.4, 0.5) is 17.6 Å². The van der Waals surface area contributed by atoms with Crippen molar-refractivity contribution in [2.75, 3.05) is 0 Å². The summed E-state index contributed by atoms with van der Waals surface area (Å²) in [4.78, 5) is 0. The number of nitrogens with zero attached hydrogens (tertiary/aromatic N) is 1. The van der Waals surface area contributed by atoms with Crippen molar-refractivity contribution in [2.24, 2.45) is 0 Å². The third kappa shape index (κ3) is 1.61. The molecular formula is C8H3F4N. The molecule has 0 heterocycles. The van der Waals surface area contributed by atoms with E-state index in [-0.39, 0.29) is 0 Å². The smallest absolute Gasteiger partial charge is 0.205 e. The van der Waals surface area contributed by atoms with E-state index in [0.717, 1.165) is 0 Å². The summed E-state index contributed by atoms with van der Waals surface area (Å²) in [6.07, 6.45) is -3.05. The Morgan fingerprint density at radius 1 is 1.23 bits per heavy atom. The van der Waals surface area contributed by atoms with Crippen LogP contribution in [0.2, 0.25) is 0 Å². The molecule has 0 saturated carbocycles. The maximum atomic E-state index is 12.8. The zero-order valence-corrected chi connectivity index (χ0v) is 6.19. The number of rotatable bonds is 1. The van der Waals surface area contributed by atoms with Crippen LogP contribution in [-0.4, -0.2) is 0 Å². The normalized spacial score (nSPS) is 10.2.